The number of rotatable bonds is 4. The maximum Gasteiger partial charge on any atom is 0.251 e. The molecule has 25 heavy (non-hydrogen) atoms. The number of benzene rings is 1. The van der Waals surface area contributed by atoms with Crippen molar-refractivity contribution in [3.8, 4) is 0 Å². The number of piperidine rings is 1. The summed E-state index contributed by atoms with van der Waals surface area (Å²) >= 11 is 1.59. The molecule has 0 radical (unpaired) electrons. The minimum absolute atomic E-state index is 0.0530. The van der Waals surface area contributed by atoms with Gasteiger partial charge in [-0.05, 0) is 57.0 Å². The Bertz CT molecular complexity index is 729. The molecule has 1 aliphatic heterocycles. The molecule has 1 saturated heterocycles. The van der Waals surface area contributed by atoms with Gasteiger partial charge in [0.25, 0.3) is 5.91 Å². The molecular formula is C20H27N3OS. The van der Waals surface area contributed by atoms with E-state index in [1.54, 1.807) is 11.3 Å². The summed E-state index contributed by atoms with van der Waals surface area (Å²) in [6, 6.07) is 5.81. The van der Waals surface area contributed by atoms with Crippen LogP contribution in [-0.4, -0.2) is 41.0 Å². The van der Waals surface area contributed by atoms with Crippen LogP contribution in [0.1, 0.15) is 61.7 Å². The number of likely N-dealkylation sites (tertiary alicyclic amines) is 1. The standard InChI is InChI=1S/C20H27N3OS/c24-19(16-7-8-17-18(13-16)25-15-22-17)21-14-20(9-3-1-4-10-20)23-11-5-2-6-12-23/h7-8,13,15H,1-6,9-12,14H2,(H,21,24). The van der Waals surface area contributed by atoms with Crippen LogP contribution in [-0.2, 0) is 0 Å². The zero-order chi connectivity index (χ0) is 17.1. The minimum atomic E-state index is 0.0530. The molecule has 2 aliphatic rings. The number of hydrogen-bond acceptors (Lipinski definition) is 4. The summed E-state index contributed by atoms with van der Waals surface area (Å²) in [5.74, 6) is 0.0530. The first-order valence-corrected chi connectivity index (χ1v) is 10.5. The van der Waals surface area contributed by atoms with Crippen LogP contribution in [0.4, 0.5) is 0 Å². The predicted molar refractivity (Wildman–Crippen MR) is 103 cm³/mol. The number of carbonyl (C=O) groups is 1. The second-order valence-electron chi connectivity index (χ2n) is 7.55. The van der Waals surface area contributed by atoms with E-state index in [9.17, 15) is 4.79 Å². The van der Waals surface area contributed by atoms with Crippen molar-refractivity contribution in [1.29, 1.82) is 0 Å². The Morgan fingerprint density at radius 2 is 1.88 bits per heavy atom. The van der Waals surface area contributed by atoms with Gasteiger partial charge in [0.15, 0.2) is 0 Å². The third-order valence-corrected chi connectivity index (χ3v) is 6.77. The second-order valence-corrected chi connectivity index (χ2v) is 8.44. The van der Waals surface area contributed by atoms with Gasteiger partial charge in [-0.3, -0.25) is 9.69 Å². The molecule has 0 bridgehead atoms. The lowest BCUT2D eigenvalue weighted by Gasteiger charge is -2.48. The first kappa shape index (κ1) is 17.0. The van der Waals surface area contributed by atoms with E-state index < -0.39 is 0 Å². The Morgan fingerprint density at radius 3 is 2.68 bits per heavy atom. The molecule has 1 aliphatic carbocycles. The van der Waals surface area contributed by atoms with Crippen molar-refractivity contribution in [2.75, 3.05) is 19.6 Å². The summed E-state index contributed by atoms with van der Waals surface area (Å²) in [5.41, 5.74) is 3.74. The lowest BCUT2D eigenvalue weighted by Crippen LogP contribution is -2.58. The summed E-state index contributed by atoms with van der Waals surface area (Å²) in [6.45, 7) is 3.18. The zero-order valence-electron chi connectivity index (χ0n) is 14.8. The monoisotopic (exact) mass is 357 g/mol. The van der Waals surface area contributed by atoms with Crippen LogP contribution < -0.4 is 5.32 Å². The Balaban J connectivity index is 1.47. The van der Waals surface area contributed by atoms with Crippen LogP contribution in [0, 0.1) is 0 Å². The number of thiazole rings is 1. The average molecular weight is 358 g/mol. The van der Waals surface area contributed by atoms with Crippen molar-refractivity contribution in [2.24, 2.45) is 0 Å². The molecule has 0 spiro atoms. The predicted octanol–water partition coefficient (Wildman–Crippen LogP) is 4.21. The number of hydrogen-bond donors (Lipinski definition) is 1. The smallest absolute Gasteiger partial charge is 0.251 e. The fourth-order valence-electron chi connectivity index (χ4n) is 4.53. The van der Waals surface area contributed by atoms with E-state index in [0.29, 0.717) is 0 Å². The SMILES string of the molecule is O=C(NCC1(N2CCCCC2)CCCCC1)c1ccc2ncsc2c1. The molecule has 5 heteroatoms. The van der Waals surface area contributed by atoms with E-state index >= 15 is 0 Å². The van der Waals surface area contributed by atoms with Gasteiger partial charge in [-0.2, -0.15) is 0 Å². The van der Waals surface area contributed by atoms with Gasteiger partial charge >= 0.3 is 0 Å². The maximum absolute atomic E-state index is 12.7. The Hall–Kier alpha value is -1.46. The number of amides is 1. The molecule has 1 saturated carbocycles. The third-order valence-electron chi connectivity index (χ3n) is 5.98. The molecule has 1 aromatic carbocycles. The molecule has 2 aromatic rings. The molecule has 134 valence electrons. The van der Waals surface area contributed by atoms with E-state index in [1.165, 1.54) is 64.5 Å². The van der Waals surface area contributed by atoms with Gasteiger partial charge in [0.1, 0.15) is 0 Å². The number of aromatic nitrogens is 1. The van der Waals surface area contributed by atoms with Crippen LogP contribution in [0.2, 0.25) is 0 Å². The molecule has 0 unspecified atom stereocenters. The van der Waals surface area contributed by atoms with Crippen LogP contribution >= 0.6 is 11.3 Å². The largest absolute Gasteiger partial charge is 0.350 e. The Morgan fingerprint density at radius 1 is 1.12 bits per heavy atom. The molecule has 4 nitrogen and oxygen atoms in total. The normalized spacial score (nSPS) is 21.3. The second kappa shape index (κ2) is 7.42. The van der Waals surface area contributed by atoms with Crippen molar-refractivity contribution < 1.29 is 4.79 Å². The number of nitrogens with zero attached hydrogens (tertiary/aromatic N) is 2. The Labute approximate surface area is 153 Å². The van der Waals surface area contributed by atoms with Gasteiger partial charge in [0, 0.05) is 17.6 Å². The first-order valence-electron chi connectivity index (χ1n) is 9.63. The van der Waals surface area contributed by atoms with Crippen LogP contribution in [0.5, 0.6) is 0 Å². The lowest BCUT2D eigenvalue weighted by molar-refractivity contribution is 0.0327. The fourth-order valence-corrected chi connectivity index (χ4v) is 5.24. The summed E-state index contributed by atoms with van der Waals surface area (Å²) in [6.07, 6.45) is 10.3. The lowest BCUT2D eigenvalue weighted by atomic mass is 9.79. The van der Waals surface area contributed by atoms with Crippen LogP contribution in [0.3, 0.4) is 0 Å². The molecule has 1 aromatic heterocycles. The third kappa shape index (κ3) is 3.58. The highest BCUT2D eigenvalue weighted by Gasteiger charge is 2.38. The van der Waals surface area contributed by atoms with Gasteiger partial charge in [0.05, 0.1) is 15.7 Å². The quantitative estimate of drug-likeness (QED) is 0.891. The molecular weight excluding hydrogens is 330 g/mol. The number of carbonyl (C=O) groups excluding carboxylic acids is 1. The molecule has 0 atom stereocenters. The van der Waals surface area contributed by atoms with Crippen molar-refractivity contribution in [1.82, 2.24) is 15.2 Å². The highest BCUT2D eigenvalue weighted by molar-refractivity contribution is 7.16. The molecule has 4 rings (SSSR count). The number of nitrogens with one attached hydrogen (secondary N) is 1. The summed E-state index contributed by atoms with van der Waals surface area (Å²) in [5, 5.41) is 3.27. The summed E-state index contributed by atoms with van der Waals surface area (Å²) < 4.78 is 1.08. The highest BCUT2D eigenvalue weighted by atomic mass is 32.1. The molecule has 1 N–H and O–H groups in total. The van der Waals surface area contributed by atoms with Crippen LogP contribution in [0.15, 0.2) is 23.7 Å². The fraction of sp³-hybridized carbons (Fsp3) is 0.600. The van der Waals surface area contributed by atoms with Gasteiger partial charge in [-0.15, -0.1) is 11.3 Å². The van der Waals surface area contributed by atoms with E-state index in [2.05, 4.69) is 15.2 Å². The molecule has 2 heterocycles. The summed E-state index contributed by atoms with van der Waals surface area (Å²) in [7, 11) is 0. The highest BCUT2D eigenvalue weighted by Crippen LogP contribution is 2.35. The van der Waals surface area contributed by atoms with Gasteiger partial charge in [-0.25, -0.2) is 4.98 Å². The van der Waals surface area contributed by atoms with Crippen molar-refractivity contribution in [3.05, 3.63) is 29.3 Å². The minimum Gasteiger partial charge on any atom is -0.350 e. The Kier molecular flexibility index (Phi) is 5.04. The van der Waals surface area contributed by atoms with Gasteiger partial charge in [-0.1, -0.05) is 25.7 Å². The molecule has 2 fully saturated rings. The van der Waals surface area contributed by atoms with Gasteiger partial charge < -0.3 is 5.32 Å². The van der Waals surface area contributed by atoms with E-state index in [-0.39, 0.29) is 11.4 Å². The van der Waals surface area contributed by atoms with Crippen molar-refractivity contribution in [2.45, 2.75) is 56.9 Å². The van der Waals surface area contributed by atoms with E-state index in [1.807, 2.05) is 23.7 Å². The zero-order valence-corrected chi connectivity index (χ0v) is 15.6. The first-order chi connectivity index (χ1) is 12.3. The number of fused-ring (bicyclic) bond motifs is 1. The summed E-state index contributed by atoms with van der Waals surface area (Å²) in [4.78, 5) is 19.7. The molecule has 1 amide bonds. The van der Waals surface area contributed by atoms with E-state index in [4.69, 9.17) is 0 Å². The van der Waals surface area contributed by atoms with E-state index in [0.717, 1.165) is 22.3 Å². The maximum atomic E-state index is 12.7. The topological polar surface area (TPSA) is 45.2 Å². The van der Waals surface area contributed by atoms with Crippen LogP contribution in [0.25, 0.3) is 10.2 Å². The van der Waals surface area contributed by atoms with Crippen molar-refractivity contribution in [3.63, 3.8) is 0 Å². The van der Waals surface area contributed by atoms with Gasteiger partial charge in [0.2, 0.25) is 0 Å². The average Bonchev–Trinajstić information content (AvgIpc) is 3.15. The van der Waals surface area contributed by atoms with Crippen molar-refractivity contribution >= 4 is 27.5 Å².